The number of hydrogen-bond donors (Lipinski definition) is 0. The second-order valence-electron chi connectivity index (χ2n) is 6.81. The lowest BCUT2D eigenvalue weighted by Gasteiger charge is -2.21. The molecule has 1 saturated carbocycles. The van der Waals surface area contributed by atoms with Gasteiger partial charge in [0.25, 0.3) is 0 Å². The van der Waals surface area contributed by atoms with Gasteiger partial charge in [-0.2, -0.15) is 0 Å². The molecule has 1 fully saturated rings. The molecular formula is C20H24N+. The highest BCUT2D eigenvalue weighted by molar-refractivity contribution is 5.62. The molecule has 1 spiro atoms. The molecular weight excluding hydrogens is 254 g/mol. The van der Waals surface area contributed by atoms with E-state index in [0.29, 0.717) is 0 Å². The summed E-state index contributed by atoms with van der Waals surface area (Å²) in [5.41, 5.74) is 5.66. The summed E-state index contributed by atoms with van der Waals surface area (Å²) < 4.78 is 19.7. The minimum atomic E-state index is -1.19. The molecule has 0 radical (unpaired) electrons. The van der Waals surface area contributed by atoms with Gasteiger partial charge in [0, 0.05) is 19.9 Å². The molecule has 0 saturated heterocycles. The van der Waals surface area contributed by atoms with Gasteiger partial charge in [-0.15, -0.1) is 0 Å². The van der Waals surface area contributed by atoms with Crippen molar-refractivity contribution in [2.45, 2.75) is 45.4 Å². The zero-order valence-corrected chi connectivity index (χ0v) is 12.9. The molecule has 0 aliphatic heterocycles. The molecule has 2 aliphatic carbocycles. The summed E-state index contributed by atoms with van der Waals surface area (Å²) in [7, 11) is 2.04. The zero-order chi connectivity index (χ0) is 16.2. The van der Waals surface area contributed by atoms with Crippen LogP contribution in [0.25, 0.3) is 11.3 Å². The summed E-state index contributed by atoms with van der Waals surface area (Å²) in [6.07, 6.45) is 6.14. The van der Waals surface area contributed by atoms with Gasteiger partial charge in [0.05, 0.1) is 0 Å². The lowest BCUT2D eigenvalue weighted by atomic mass is 9.83. The van der Waals surface area contributed by atoms with E-state index < -0.39 is 6.37 Å². The lowest BCUT2D eigenvalue weighted by Crippen LogP contribution is -2.31. The Balaban J connectivity index is 1.87. The summed E-state index contributed by atoms with van der Waals surface area (Å²) in [6, 6.07) is 10.7. The maximum absolute atomic E-state index is 8.78. The minimum Gasteiger partial charge on any atom is -0.201 e. The van der Waals surface area contributed by atoms with Crippen LogP contribution in [0, 0.1) is 12.3 Å². The number of pyridine rings is 1. The minimum absolute atomic E-state index is 0.160. The van der Waals surface area contributed by atoms with Crippen LogP contribution in [0.15, 0.2) is 36.5 Å². The molecule has 0 bridgehead atoms. The molecule has 1 aromatic carbocycles. The van der Waals surface area contributed by atoms with Gasteiger partial charge < -0.3 is 0 Å². The number of fused-ring (bicyclic) bond motifs is 1. The molecule has 0 amide bonds. The summed E-state index contributed by atoms with van der Waals surface area (Å²) in [5, 5.41) is 0. The molecule has 4 rings (SSSR count). The van der Waals surface area contributed by atoms with Gasteiger partial charge in [-0.1, -0.05) is 31.0 Å². The number of hydrogen-bond acceptors (Lipinski definition) is 0. The summed E-state index contributed by atoms with van der Waals surface area (Å²) in [4.78, 5) is 0. The number of benzene rings is 1. The van der Waals surface area contributed by atoms with E-state index in [2.05, 4.69) is 41.8 Å². The van der Waals surface area contributed by atoms with Crippen molar-refractivity contribution in [3.05, 3.63) is 53.2 Å². The molecule has 2 aromatic rings. The second-order valence-corrected chi connectivity index (χ2v) is 6.81. The Morgan fingerprint density at radius 2 is 1.90 bits per heavy atom. The third kappa shape index (κ3) is 2.10. The molecule has 1 heterocycles. The summed E-state index contributed by atoms with van der Waals surface area (Å²) in [5.74, 6) is 0. The van der Waals surface area contributed by atoms with Crippen molar-refractivity contribution in [3.63, 3.8) is 0 Å². The number of aryl methyl sites for hydroxylation is 2. The van der Waals surface area contributed by atoms with Gasteiger partial charge >= 0.3 is 0 Å². The molecule has 21 heavy (non-hydrogen) atoms. The first-order valence-corrected chi connectivity index (χ1v) is 8.04. The van der Waals surface area contributed by atoms with Crippen LogP contribution in [-0.4, -0.2) is 0 Å². The quantitative estimate of drug-likeness (QED) is 0.691. The van der Waals surface area contributed by atoms with E-state index in [1.165, 1.54) is 35.2 Å². The Hall–Kier alpha value is -1.63. The molecule has 0 unspecified atom stereocenters. The highest BCUT2D eigenvalue weighted by atomic mass is 14.9. The lowest BCUT2D eigenvalue weighted by molar-refractivity contribution is -0.660. The Kier molecular flexibility index (Phi) is 2.46. The van der Waals surface area contributed by atoms with Crippen LogP contribution >= 0.6 is 0 Å². The van der Waals surface area contributed by atoms with Gasteiger partial charge in [0.1, 0.15) is 7.05 Å². The SMILES string of the molecule is [2H]C1([2H])c2c[n+](C)c(-c3ccccc3C)cc2CC12CCCC2. The fraction of sp³-hybridized carbons (Fsp3) is 0.450. The molecule has 2 aliphatic rings. The van der Waals surface area contributed by atoms with Crippen LogP contribution in [0.1, 0.15) is 45.1 Å². The monoisotopic (exact) mass is 280 g/mol. The van der Waals surface area contributed by atoms with Gasteiger partial charge in [0.15, 0.2) is 6.20 Å². The Labute approximate surface area is 130 Å². The first-order chi connectivity index (χ1) is 10.9. The predicted octanol–water partition coefficient (Wildman–Crippen LogP) is 4.15. The third-order valence-electron chi connectivity index (χ3n) is 5.27. The first kappa shape index (κ1) is 11.0. The Morgan fingerprint density at radius 3 is 2.67 bits per heavy atom. The van der Waals surface area contributed by atoms with Crippen LogP contribution in [0.5, 0.6) is 0 Å². The van der Waals surface area contributed by atoms with E-state index >= 15 is 0 Å². The molecule has 0 atom stereocenters. The van der Waals surface area contributed by atoms with Crippen LogP contribution in [-0.2, 0) is 19.8 Å². The van der Waals surface area contributed by atoms with E-state index in [0.717, 1.165) is 24.8 Å². The summed E-state index contributed by atoms with van der Waals surface area (Å²) in [6.45, 7) is 2.14. The van der Waals surface area contributed by atoms with E-state index in [4.69, 9.17) is 2.74 Å². The summed E-state index contributed by atoms with van der Waals surface area (Å²) >= 11 is 0. The molecule has 108 valence electrons. The highest BCUT2D eigenvalue weighted by Crippen LogP contribution is 2.48. The van der Waals surface area contributed by atoms with Crippen molar-refractivity contribution in [1.29, 1.82) is 0 Å². The fourth-order valence-electron chi connectivity index (χ4n) is 4.13. The predicted molar refractivity (Wildman–Crippen MR) is 86.1 cm³/mol. The number of rotatable bonds is 1. The van der Waals surface area contributed by atoms with Gasteiger partial charge in [-0.05, 0) is 55.2 Å². The molecule has 1 heteroatoms. The number of aromatic nitrogens is 1. The Morgan fingerprint density at radius 1 is 1.14 bits per heavy atom. The van der Waals surface area contributed by atoms with E-state index in [-0.39, 0.29) is 5.41 Å². The van der Waals surface area contributed by atoms with Gasteiger partial charge in [-0.3, -0.25) is 0 Å². The van der Waals surface area contributed by atoms with Crippen molar-refractivity contribution in [2.75, 3.05) is 0 Å². The van der Waals surface area contributed by atoms with Crippen LogP contribution in [0.2, 0.25) is 0 Å². The normalized spacial score (nSPS) is 23.0. The topological polar surface area (TPSA) is 3.88 Å². The van der Waals surface area contributed by atoms with Crippen molar-refractivity contribution in [3.8, 4) is 11.3 Å². The Bertz CT molecular complexity index is 773. The van der Waals surface area contributed by atoms with Crippen LogP contribution in [0.3, 0.4) is 0 Å². The maximum Gasteiger partial charge on any atom is 0.212 e. The largest absolute Gasteiger partial charge is 0.212 e. The van der Waals surface area contributed by atoms with Crippen molar-refractivity contribution < 1.29 is 7.31 Å². The smallest absolute Gasteiger partial charge is 0.201 e. The van der Waals surface area contributed by atoms with E-state index in [1.54, 1.807) is 0 Å². The van der Waals surface area contributed by atoms with Gasteiger partial charge in [-0.25, -0.2) is 4.57 Å². The third-order valence-corrected chi connectivity index (χ3v) is 5.27. The highest BCUT2D eigenvalue weighted by Gasteiger charge is 2.41. The second kappa shape index (κ2) is 4.69. The molecule has 1 aromatic heterocycles. The maximum atomic E-state index is 8.78. The molecule has 0 N–H and O–H groups in total. The van der Waals surface area contributed by atoms with Crippen LogP contribution in [0.4, 0.5) is 0 Å². The average molecular weight is 280 g/mol. The van der Waals surface area contributed by atoms with E-state index in [1.807, 2.05) is 13.2 Å². The van der Waals surface area contributed by atoms with Gasteiger partial charge in [0.2, 0.25) is 5.69 Å². The van der Waals surface area contributed by atoms with Crippen LogP contribution < -0.4 is 4.57 Å². The standard InChI is InChI=1S/C20H24N/c1-15-7-3-4-8-18(15)19-11-16-12-20(9-5-6-10-20)13-17(16)14-21(19)2/h3-4,7-8,11,14H,5-6,9-10,12-13H2,1-2H3/q+1/i13D2. The zero-order valence-electron chi connectivity index (χ0n) is 14.9. The fourth-order valence-corrected chi connectivity index (χ4v) is 4.13. The van der Waals surface area contributed by atoms with Crippen molar-refractivity contribution >= 4 is 0 Å². The number of nitrogens with zero attached hydrogens (tertiary/aromatic N) is 1. The van der Waals surface area contributed by atoms with E-state index in [9.17, 15) is 0 Å². The average Bonchev–Trinajstić information content (AvgIpc) is 3.06. The molecule has 1 nitrogen and oxygen atoms in total. The van der Waals surface area contributed by atoms with Crippen molar-refractivity contribution in [2.24, 2.45) is 12.5 Å². The first-order valence-electron chi connectivity index (χ1n) is 9.04. The van der Waals surface area contributed by atoms with Crippen molar-refractivity contribution in [1.82, 2.24) is 0 Å².